The van der Waals surface area contributed by atoms with Crippen LogP contribution in [-0.2, 0) is 16.5 Å². The van der Waals surface area contributed by atoms with E-state index in [-0.39, 0.29) is 6.10 Å². The maximum Gasteiger partial charge on any atom is 0.147 e. The van der Waals surface area contributed by atoms with Gasteiger partial charge in [0, 0.05) is 18.7 Å². The second-order valence-corrected chi connectivity index (χ2v) is 4.34. The van der Waals surface area contributed by atoms with Crippen molar-refractivity contribution in [2.24, 2.45) is 7.05 Å². The van der Waals surface area contributed by atoms with E-state index >= 15 is 0 Å². The van der Waals surface area contributed by atoms with E-state index in [9.17, 15) is 0 Å². The van der Waals surface area contributed by atoms with Crippen molar-refractivity contribution < 1.29 is 9.47 Å². The van der Waals surface area contributed by atoms with Gasteiger partial charge in [-0.3, -0.25) is 4.68 Å². The normalized spacial score (nSPS) is 19.3. The number of nitrogen functional groups attached to an aromatic ring is 1. The Balaban J connectivity index is 1.86. The van der Waals surface area contributed by atoms with Crippen molar-refractivity contribution in [3.8, 4) is 11.3 Å². The molecule has 2 heterocycles. The molecule has 2 N–H and O–H groups in total. The maximum absolute atomic E-state index is 5.77. The van der Waals surface area contributed by atoms with Gasteiger partial charge in [0.15, 0.2) is 0 Å². The van der Waals surface area contributed by atoms with Gasteiger partial charge in [0.25, 0.3) is 0 Å². The average Bonchev–Trinajstić information content (AvgIpc) is 3.01. The predicted octanol–water partition coefficient (Wildman–Crippen LogP) is 1.71. The molecule has 2 aromatic rings. The summed E-state index contributed by atoms with van der Waals surface area (Å²) in [4.78, 5) is 0. The van der Waals surface area contributed by atoms with Crippen molar-refractivity contribution in [3.05, 3.63) is 35.9 Å². The van der Waals surface area contributed by atoms with Crippen LogP contribution in [0.5, 0.6) is 0 Å². The molecule has 1 atom stereocenters. The summed E-state index contributed by atoms with van der Waals surface area (Å²) in [6, 6.07) is 10.0. The van der Waals surface area contributed by atoms with E-state index in [0.717, 1.165) is 16.8 Å². The highest BCUT2D eigenvalue weighted by atomic mass is 16.7. The molecule has 1 aromatic heterocycles. The van der Waals surface area contributed by atoms with Crippen molar-refractivity contribution in [2.75, 3.05) is 19.1 Å². The average molecular weight is 245 g/mol. The van der Waals surface area contributed by atoms with Crippen LogP contribution in [0, 0.1) is 0 Å². The highest BCUT2D eigenvalue weighted by molar-refractivity contribution is 5.62. The molecule has 1 unspecified atom stereocenters. The fraction of sp³-hybridized carbons (Fsp3) is 0.308. The first-order valence-corrected chi connectivity index (χ1v) is 5.83. The minimum atomic E-state index is 0.0489. The number of benzene rings is 1. The Labute approximate surface area is 105 Å². The zero-order valence-electron chi connectivity index (χ0n) is 10.2. The van der Waals surface area contributed by atoms with Gasteiger partial charge in [-0.05, 0) is 5.56 Å². The third-order valence-corrected chi connectivity index (χ3v) is 3.12. The molecule has 0 aliphatic carbocycles. The molecule has 0 spiro atoms. The van der Waals surface area contributed by atoms with Crippen molar-refractivity contribution in [2.45, 2.75) is 6.10 Å². The van der Waals surface area contributed by atoms with Gasteiger partial charge in [-0.15, -0.1) is 0 Å². The van der Waals surface area contributed by atoms with Crippen LogP contribution in [-0.4, -0.2) is 23.2 Å². The number of ether oxygens (including phenoxy) is 2. The number of anilines is 1. The van der Waals surface area contributed by atoms with E-state index in [1.807, 2.05) is 37.4 Å². The molecule has 1 aliphatic rings. The summed E-state index contributed by atoms with van der Waals surface area (Å²) in [6.07, 6.45) is 0.0489. The smallest absolute Gasteiger partial charge is 0.147 e. The van der Waals surface area contributed by atoms with Crippen LogP contribution in [0.2, 0.25) is 0 Å². The first-order chi connectivity index (χ1) is 8.74. The van der Waals surface area contributed by atoms with Gasteiger partial charge in [0.05, 0.1) is 12.3 Å². The lowest BCUT2D eigenvalue weighted by atomic mass is 10.1. The van der Waals surface area contributed by atoms with E-state index < -0.39 is 0 Å². The van der Waals surface area contributed by atoms with E-state index in [1.165, 1.54) is 0 Å². The molecule has 5 nitrogen and oxygen atoms in total. The molecule has 0 bridgehead atoms. The summed E-state index contributed by atoms with van der Waals surface area (Å²) in [6.45, 7) is 0.999. The Kier molecular flexibility index (Phi) is 2.77. The summed E-state index contributed by atoms with van der Waals surface area (Å²) in [7, 11) is 1.83. The van der Waals surface area contributed by atoms with Crippen LogP contribution in [0.3, 0.4) is 0 Å². The third-order valence-electron chi connectivity index (χ3n) is 3.12. The van der Waals surface area contributed by atoms with Crippen molar-refractivity contribution in [1.82, 2.24) is 9.78 Å². The van der Waals surface area contributed by atoms with Crippen molar-refractivity contribution in [1.29, 1.82) is 0 Å². The monoisotopic (exact) mass is 245 g/mol. The van der Waals surface area contributed by atoms with Gasteiger partial charge in [-0.25, -0.2) is 0 Å². The topological polar surface area (TPSA) is 62.3 Å². The number of hydrogen-bond acceptors (Lipinski definition) is 4. The molecule has 0 saturated carbocycles. The third kappa shape index (κ3) is 1.98. The van der Waals surface area contributed by atoms with Gasteiger partial charge >= 0.3 is 0 Å². The summed E-state index contributed by atoms with van der Waals surface area (Å²) in [5, 5.41) is 4.34. The zero-order valence-corrected chi connectivity index (χ0v) is 10.2. The molecule has 3 rings (SSSR count). The fourth-order valence-corrected chi connectivity index (χ4v) is 2.02. The Morgan fingerprint density at radius 1 is 1.33 bits per heavy atom. The lowest BCUT2D eigenvalue weighted by molar-refractivity contribution is 0.0466. The number of nitrogens with two attached hydrogens (primary N) is 1. The lowest BCUT2D eigenvalue weighted by Crippen LogP contribution is -1.99. The van der Waals surface area contributed by atoms with E-state index in [2.05, 4.69) is 5.10 Å². The summed E-state index contributed by atoms with van der Waals surface area (Å²) >= 11 is 0. The van der Waals surface area contributed by atoms with Gasteiger partial charge in [0.2, 0.25) is 0 Å². The Morgan fingerprint density at radius 2 is 2.11 bits per heavy atom. The highest BCUT2D eigenvalue weighted by Crippen LogP contribution is 2.26. The van der Waals surface area contributed by atoms with Crippen molar-refractivity contribution in [3.63, 3.8) is 0 Å². The lowest BCUT2D eigenvalue weighted by Gasteiger charge is -2.07. The van der Waals surface area contributed by atoms with E-state index in [1.54, 1.807) is 4.68 Å². The summed E-state index contributed by atoms with van der Waals surface area (Å²) in [5.74, 6) is 0.654. The standard InChI is InChI=1S/C13H15N3O2/c1-16-13(14)6-11(15-16)9-2-4-10(5-3-9)12-7-17-8-18-12/h2-6,12H,7-8,14H2,1H3. The quantitative estimate of drug-likeness (QED) is 0.875. The van der Waals surface area contributed by atoms with Gasteiger partial charge in [-0.2, -0.15) is 5.10 Å². The maximum atomic E-state index is 5.77. The molecule has 1 saturated heterocycles. The van der Waals surface area contributed by atoms with Crippen LogP contribution in [0.25, 0.3) is 11.3 Å². The number of aromatic nitrogens is 2. The molecular formula is C13H15N3O2. The minimum absolute atomic E-state index is 0.0489. The van der Waals surface area contributed by atoms with Crippen molar-refractivity contribution >= 4 is 5.82 Å². The highest BCUT2D eigenvalue weighted by Gasteiger charge is 2.18. The molecule has 1 aliphatic heterocycles. The molecule has 0 amide bonds. The van der Waals surface area contributed by atoms with Crippen LogP contribution in [0.15, 0.2) is 30.3 Å². The Morgan fingerprint density at radius 3 is 2.67 bits per heavy atom. The molecule has 1 aromatic carbocycles. The van der Waals surface area contributed by atoms with Gasteiger partial charge in [0.1, 0.15) is 18.7 Å². The minimum Gasteiger partial charge on any atom is -0.384 e. The second kappa shape index (κ2) is 4.44. The second-order valence-electron chi connectivity index (χ2n) is 4.34. The number of hydrogen-bond donors (Lipinski definition) is 1. The Bertz CT molecular complexity index is 522. The predicted molar refractivity (Wildman–Crippen MR) is 67.7 cm³/mol. The summed E-state index contributed by atoms with van der Waals surface area (Å²) in [5.41, 5.74) is 8.82. The van der Waals surface area contributed by atoms with E-state index in [4.69, 9.17) is 15.2 Å². The van der Waals surface area contributed by atoms with Crippen LogP contribution in [0.4, 0.5) is 5.82 Å². The van der Waals surface area contributed by atoms with Gasteiger partial charge < -0.3 is 15.2 Å². The van der Waals surface area contributed by atoms with E-state index in [0.29, 0.717) is 19.2 Å². The van der Waals surface area contributed by atoms with Crippen LogP contribution < -0.4 is 5.73 Å². The van der Waals surface area contributed by atoms with Gasteiger partial charge in [-0.1, -0.05) is 24.3 Å². The SMILES string of the molecule is Cn1nc(-c2ccc(C3COCO3)cc2)cc1N. The molecule has 94 valence electrons. The fourth-order valence-electron chi connectivity index (χ4n) is 2.02. The molecule has 0 radical (unpaired) electrons. The zero-order chi connectivity index (χ0) is 12.5. The van der Waals surface area contributed by atoms with Crippen LogP contribution in [0.1, 0.15) is 11.7 Å². The molecular weight excluding hydrogens is 230 g/mol. The molecule has 1 fully saturated rings. The first-order valence-electron chi connectivity index (χ1n) is 5.83. The Hall–Kier alpha value is -1.85. The van der Waals surface area contributed by atoms with Crippen LogP contribution >= 0.6 is 0 Å². The number of rotatable bonds is 2. The first kappa shape index (κ1) is 11.3. The summed E-state index contributed by atoms with van der Waals surface area (Å²) < 4.78 is 12.3. The molecule has 5 heteroatoms. The number of nitrogens with zero attached hydrogens (tertiary/aromatic N) is 2. The largest absolute Gasteiger partial charge is 0.384 e. The number of aryl methyl sites for hydroxylation is 1. The molecule has 18 heavy (non-hydrogen) atoms.